The van der Waals surface area contributed by atoms with E-state index in [4.69, 9.17) is 0 Å². The van der Waals surface area contributed by atoms with E-state index in [9.17, 15) is 9.59 Å². The van der Waals surface area contributed by atoms with Crippen LogP contribution >= 0.6 is 11.3 Å². The topological polar surface area (TPSA) is 88.9 Å². The third-order valence-electron chi connectivity index (χ3n) is 4.89. The maximum absolute atomic E-state index is 12.7. The quantitative estimate of drug-likeness (QED) is 0.426. The predicted octanol–water partition coefficient (Wildman–Crippen LogP) is 4.02. The second-order valence-electron chi connectivity index (χ2n) is 6.96. The summed E-state index contributed by atoms with van der Waals surface area (Å²) in [5.41, 5.74) is 7.62. The summed E-state index contributed by atoms with van der Waals surface area (Å²) in [6, 6.07) is 22.5. The van der Waals surface area contributed by atoms with Crippen molar-refractivity contribution in [2.45, 2.75) is 6.92 Å². The fourth-order valence-electron chi connectivity index (χ4n) is 3.33. The maximum atomic E-state index is 12.7. The smallest absolute Gasteiger partial charge is 0.266 e. The molecule has 0 fully saturated rings. The third kappa shape index (κ3) is 3.53. The van der Waals surface area contributed by atoms with Crippen molar-refractivity contribution in [2.24, 2.45) is 0 Å². The summed E-state index contributed by atoms with van der Waals surface area (Å²) in [4.78, 5) is 30.8. The molecule has 0 aliphatic heterocycles. The van der Waals surface area contributed by atoms with E-state index in [1.807, 2.05) is 72.3 Å². The van der Waals surface area contributed by atoms with E-state index in [0.717, 1.165) is 27.0 Å². The first kappa shape index (κ1) is 19.0. The minimum absolute atomic E-state index is 0.228. The molecule has 3 aromatic heterocycles. The molecule has 0 radical (unpaired) electrons. The van der Waals surface area contributed by atoms with Gasteiger partial charge in [0.05, 0.1) is 21.8 Å². The number of carbonyl (C=O) groups is 2. The SMILES string of the molecule is Cc1nn(-c2ccccc2)c2sc(C(=O)NNC(=O)c3ccc4ccccc4n3)cc12. The molecule has 0 aliphatic rings. The lowest BCUT2D eigenvalue weighted by molar-refractivity contribution is 0.0846. The van der Waals surface area contributed by atoms with E-state index in [-0.39, 0.29) is 5.69 Å². The Labute approximate surface area is 181 Å². The maximum Gasteiger partial charge on any atom is 0.288 e. The molecule has 5 aromatic rings. The second-order valence-corrected chi connectivity index (χ2v) is 7.99. The number of rotatable bonds is 3. The molecule has 0 saturated heterocycles. The molecule has 2 N–H and O–H groups in total. The van der Waals surface area contributed by atoms with Crippen LogP contribution in [0.5, 0.6) is 0 Å². The van der Waals surface area contributed by atoms with E-state index in [1.165, 1.54) is 11.3 Å². The predicted molar refractivity (Wildman–Crippen MR) is 120 cm³/mol. The van der Waals surface area contributed by atoms with Crippen LogP contribution in [0.3, 0.4) is 0 Å². The van der Waals surface area contributed by atoms with Gasteiger partial charge in [0.1, 0.15) is 10.5 Å². The lowest BCUT2D eigenvalue weighted by Crippen LogP contribution is -2.41. The Bertz CT molecular complexity index is 1440. The van der Waals surface area contributed by atoms with Crippen LogP contribution in [0.15, 0.2) is 72.8 Å². The van der Waals surface area contributed by atoms with Crippen molar-refractivity contribution in [3.05, 3.63) is 89.1 Å². The Kier molecular flexibility index (Phi) is 4.68. The van der Waals surface area contributed by atoms with Crippen molar-refractivity contribution in [1.82, 2.24) is 25.6 Å². The number of aryl methyl sites for hydroxylation is 1. The van der Waals surface area contributed by atoms with Crippen LogP contribution in [0.25, 0.3) is 26.8 Å². The molecular formula is C23H17N5O2S. The largest absolute Gasteiger partial charge is 0.288 e. The number of pyridine rings is 1. The van der Waals surface area contributed by atoms with Gasteiger partial charge < -0.3 is 0 Å². The minimum atomic E-state index is -0.480. The zero-order valence-electron chi connectivity index (χ0n) is 16.5. The van der Waals surface area contributed by atoms with E-state index in [1.54, 1.807) is 12.1 Å². The Balaban J connectivity index is 1.35. The lowest BCUT2D eigenvalue weighted by Gasteiger charge is -2.06. The number of hydrogen-bond donors (Lipinski definition) is 2. The highest BCUT2D eigenvalue weighted by Crippen LogP contribution is 2.30. The zero-order chi connectivity index (χ0) is 21.4. The van der Waals surface area contributed by atoms with Gasteiger partial charge in [0.25, 0.3) is 11.8 Å². The molecule has 7 nitrogen and oxygen atoms in total. The Morgan fingerprint density at radius 3 is 2.48 bits per heavy atom. The summed E-state index contributed by atoms with van der Waals surface area (Å²) >= 11 is 1.32. The first-order valence-corrected chi connectivity index (χ1v) is 10.4. The van der Waals surface area contributed by atoms with Gasteiger partial charge in [0.2, 0.25) is 0 Å². The van der Waals surface area contributed by atoms with Gasteiger partial charge in [-0.25, -0.2) is 9.67 Å². The van der Waals surface area contributed by atoms with Gasteiger partial charge in [-0.05, 0) is 37.3 Å². The number of thiophene rings is 1. The summed E-state index contributed by atoms with van der Waals surface area (Å²) in [5, 5.41) is 6.42. The number of nitrogens with zero attached hydrogens (tertiary/aromatic N) is 3. The molecule has 8 heteroatoms. The van der Waals surface area contributed by atoms with Gasteiger partial charge in [0, 0.05) is 10.8 Å². The summed E-state index contributed by atoms with van der Waals surface area (Å²) in [7, 11) is 0. The van der Waals surface area contributed by atoms with Crippen LogP contribution in [0.2, 0.25) is 0 Å². The lowest BCUT2D eigenvalue weighted by atomic mass is 10.2. The van der Waals surface area contributed by atoms with E-state index in [2.05, 4.69) is 20.9 Å². The highest BCUT2D eigenvalue weighted by molar-refractivity contribution is 7.20. The normalized spacial score (nSPS) is 11.0. The summed E-state index contributed by atoms with van der Waals surface area (Å²) in [6.45, 7) is 1.91. The number of fused-ring (bicyclic) bond motifs is 2. The summed E-state index contributed by atoms with van der Waals surface area (Å²) in [5.74, 6) is -0.874. The van der Waals surface area contributed by atoms with Crippen LogP contribution in [0.4, 0.5) is 0 Å². The fraction of sp³-hybridized carbons (Fsp3) is 0.0435. The molecule has 2 amide bonds. The van der Waals surface area contributed by atoms with Crippen molar-refractivity contribution in [3.63, 3.8) is 0 Å². The van der Waals surface area contributed by atoms with Crippen molar-refractivity contribution < 1.29 is 9.59 Å². The molecule has 0 bridgehead atoms. The molecule has 31 heavy (non-hydrogen) atoms. The number of aromatic nitrogens is 3. The Morgan fingerprint density at radius 2 is 1.65 bits per heavy atom. The minimum Gasteiger partial charge on any atom is -0.266 e. The van der Waals surface area contributed by atoms with E-state index < -0.39 is 11.8 Å². The first-order valence-electron chi connectivity index (χ1n) is 9.61. The van der Waals surface area contributed by atoms with Crippen LogP contribution < -0.4 is 10.9 Å². The van der Waals surface area contributed by atoms with Crippen LogP contribution in [-0.4, -0.2) is 26.6 Å². The van der Waals surface area contributed by atoms with Gasteiger partial charge in [-0.3, -0.25) is 20.4 Å². The molecule has 152 valence electrons. The molecule has 3 heterocycles. The van der Waals surface area contributed by atoms with Gasteiger partial charge in [-0.1, -0.05) is 42.5 Å². The number of hydrogen-bond acceptors (Lipinski definition) is 5. The van der Waals surface area contributed by atoms with E-state index in [0.29, 0.717) is 10.4 Å². The highest BCUT2D eigenvalue weighted by Gasteiger charge is 2.18. The third-order valence-corrected chi connectivity index (χ3v) is 6.00. The molecule has 5 rings (SSSR count). The van der Waals surface area contributed by atoms with Crippen LogP contribution in [-0.2, 0) is 0 Å². The average Bonchev–Trinajstić information content (AvgIpc) is 3.38. The highest BCUT2D eigenvalue weighted by atomic mass is 32.1. The second kappa shape index (κ2) is 7.66. The van der Waals surface area contributed by atoms with E-state index >= 15 is 0 Å². The summed E-state index contributed by atoms with van der Waals surface area (Å²) < 4.78 is 1.82. The van der Waals surface area contributed by atoms with Crippen molar-refractivity contribution in [1.29, 1.82) is 0 Å². The molecule has 0 aliphatic carbocycles. The molecule has 0 saturated carbocycles. The number of hydrazine groups is 1. The van der Waals surface area contributed by atoms with Gasteiger partial charge in [-0.2, -0.15) is 5.10 Å². The standard InChI is InChI=1S/C23H17N5O2S/c1-14-17-13-20(31-23(17)28(27-14)16-8-3-2-4-9-16)22(30)26-25-21(29)19-12-11-15-7-5-6-10-18(15)24-19/h2-13H,1H3,(H,25,29)(H,26,30). The molecular weight excluding hydrogens is 410 g/mol. The van der Waals surface area contributed by atoms with Gasteiger partial charge in [-0.15, -0.1) is 11.3 Å². The number of carbonyl (C=O) groups excluding carboxylic acids is 2. The monoisotopic (exact) mass is 427 g/mol. The Morgan fingerprint density at radius 1 is 0.903 bits per heavy atom. The molecule has 0 spiro atoms. The van der Waals surface area contributed by atoms with Crippen molar-refractivity contribution >= 4 is 44.3 Å². The molecule has 0 unspecified atom stereocenters. The Hall–Kier alpha value is -4.04. The fourth-order valence-corrected chi connectivity index (χ4v) is 4.41. The number of para-hydroxylation sites is 2. The van der Waals surface area contributed by atoms with Crippen molar-refractivity contribution in [3.8, 4) is 5.69 Å². The first-order chi connectivity index (χ1) is 15.1. The number of nitrogens with one attached hydrogen (secondary N) is 2. The zero-order valence-corrected chi connectivity index (χ0v) is 17.3. The van der Waals surface area contributed by atoms with Crippen LogP contribution in [0, 0.1) is 6.92 Å². The average molecular weight is 427 g/mol. The van der Waals surface area contributed by atoms with Crippen molar-refractivity contribution in [2.75, 3.05) is 0 Å². The van der Waals surface area contributed by atoms with Crippen LogP contribution in [0.1, 0.15) is 25.9 Å². The van der Waals surface area contributed by atoms with Gasteiger partial charge >= 0.3 is 0 Å². The molecule has 2 aromatic carbocycles. The summed E-state index contributed by atoms with van der Waals surface area (Å²) in [6.07, 6.45) is 0. The number of benzene rings is 2. The molecule has 0 atom stereocenters. The van der Waals surface area contributed by atoms with Gasteiger partial charge in [0.15, 0.2) is 0 Å². The number of amides is 2.